The maximum Gasteiger partial charge on any atom is 0.140 e. The van der Waals surface area contributed by atoms with Crippen molar-refractivity contribution in [2.24, 2.45) is 11.8 Å². The summed E-state index contributed by atoms with van der Waals surface area (Å²) in [6, 6.07) is 11.0. The van der Waals surface area contributed by atoms with Crippen molar-refractivity contribution < 1.29 is 4.79 Å². The molecule has 0 radical (unpaired) electrons. The molecule has 1 heterocycles. The monoisotopic (exact) mass is 243 g/mol. The minimum absolute atomic E-state index is 0.309. The van der Waals surface area contributed by atoms with Gasteiger partial charge in [-0.15, -0.1) is 0 Å². The number of nitrogens with zero attached hydrogens (tertiary/aromatic N) is 1. The molecule has 2 fully saturated rings. The molecule has 0 amide bonds. The molecular formula is C16H21NO. The van der Waals surface area contributed by atoms with E-state index < -0.39 is 0 Å². The Kier molecular flexibility index (Phi) is 3.21. The lowest BCUT2D eigenvalue weighted by molar-refractivity contribution is -0.123. The van der Waals surface area contributed by atoms with Crippen LogP contribution in [0.4, 0.5) is 0 Å². The van der Waals surface area contributed by atoms with E-state index in [1.54, 1.807) is 0 Å². The molecule has 1 aromatic carbocycles. The fraction of sp³-hybridized carbons (Fsp3) is 0.562. The van der Waals surface area contributed by atoms with Gasteiger partial charge in [0.2, 0.25) is 0 Å². The average Bonchev–Trinajstić information content (AvgIpc) is 3.15. The van der Waals surface area contributed by atoms with Gasteiger partial charge in [0, 0.05) is 24.4 Å². The third-order valence-corrected chi connectivity index (χ3v) is 4.43. The second-order valence-corrected chi connectivity index (χ2v) is 5.74. The highest BCUT2D eigenvalue weighted by molar-refractivity contribution is 5.85. The zero-order valence-electron chi connectivity index (χ0n) is 11.0. The standard InChI is InChI=1S/C16H21NO/c1-12(13-5-3-2-4-6-13)17-10-9-15(11-17)16(18)14-7-8-14/h2-6,12,14-15H,7-11H2,1H3. The molecule has 96 valence electrons. The highest BCUT2D eigenvalue weighted by Crippen LogP contribution is 2.36. The van der Waals surface area contributed by atoms with E-state index in [4.69, 9.17) is 0 Å². The van der Waals surface area contributed by atoms with Gasteiger partial charge in [-0.1, -0.05) is 30.3 Å². The van der Waals surface area contributed by atoms with Crippen LogP contribution in [-0.4, -0.2) is 23.8 Å². The van der Waals surface area contributed by atoms with Crippen molar-refractivity contribution >= 4 is 5.78 Å². The summed E-state index contributed by atoms with van der Waals surface area (Å²) in [6.45, 7) is 4.28. The fourth-order valence-corrected chi connectivity index (χ4v) is 3.01. The van der Waals surface area contributed by atoms with Crippen molar-refractivity contribution in [3.05, 3.63) is 35.9 Å². The van der Waals surface area contributed by atoms with E-state index in [2.05, 4.69) is 42.2 Å². The van der Waals surface area contributed by atoms with E-state index in [1.165, 1.54) is 5.56 Å². The topological polar surface area (TPSA) is 20.3 Å². The van der Waals surface area contributed by atoms with Crippen LogP contribution < -0.4 is 0 Å². The molecule has 2 nitrogen and oxygen atoms in total. The number of ketones is 1. The third-order valence-electron chi connectivity index (χ3n) is 4.43. The molecule has 2 aliphatic rings. The molecule has 1 aromatic rings. The Morgan fingerprint density at radius 2 is 1.89 bits per heavy atom. The number of carbonyl (C=O) groups is 1. The quantitative estimate of drug-likeness (QED) is 0.810. The van der Waals surface area contributed by atoms with Gasteiger partial charge in [-0.05, 0) is 38.3 Å². The van der Waals surface area contributed by atoms with E-state index in [9.17, 15) is 4.79 Å². The molecule has 0 spiro atoms. The van der Waals surface area contributed by atoms with Crippen molar-refractivity contribution in [3.8, 4) is 0 Å². The molecule has 2 heteroatoms. The average molecular weight is 243 g/mol. The Hall–Kier alpha value is -1.15. The maximum absolute atomic E-state index is 12.1. The summed E-state index contributed by atoms with van der Waals surface area (Å²) in [5.74, 6) is 1.27. The van der Waals surface area contributed by atoms with Crippen LogP contribution in [0.3, 0.4) is 0 Å². The first-order valence-electron chi connectivity index (χ1n) is 7.08. The molecule has 0 aromatic heterocycles. The molecular weight excluding hydrogens is 222 g/mol. The second kappa shape index (κ2) is 4.85. The summed E-state index contributed by atoms with van der Waals surface area (Å²) < 4.78 is 0. The van der Waals surface area contributed by atoms with Gasteiger partial charge >= 0.3 is 0 Å². The molecule has 18 heavy (non-hydrogen) atoms. The molecule has 1 saturated heterocycles. The largest absolute Gasteiger partial charge is 0.299 e. The normalized spacial score (nSPS) is 26.2. The number of rotatable bonds is 4. The van der Waals surface area contributed by atoms with Crippen LogP contribution in [0.5, 0.6) is 0 Å². The molecule has 0 bridgehead atoms. The summed E-state index contributed by atoms with van der Waals surface area (Å²) in [4.78, 5) is 14.5. The zero-order valence-corrected chi connectivity index (χ0v) is 11.0. The first kappa shape index (κ1) is 11.9. The predicted molar refractivity (Wildman–Crippen MR) is 72.3 cm³/mol. The lowest BCUT2D eigenvalue weighted by Gasteiger charge is -2.24. The van der Waals surface area contributed by atoms with Crippen molar-refractivity contribution in [1.29, 1.82) is 0 Å². The highest BCUT2D eigenvalue weighted by atomic mass is 16.1. The van der Waals surface area contributed by atoms with Gasteiger partial charge in [0.05, 0.1) is 0 Å². The molecule has 2 atom stereocenters. The third kappa shape index (κ3) is 2.35. The second-order valence-electron chi connectivity index (χ2n) is 5.74. The summed E-state index contributed by atoms with van der Waals surface area (Å²) in [5, 5.41) is 0. The number of likely N-dealkylation sites (tertiary alicyclic amines) is 1. The summed E-state index contributed by atoms with van der Waals surface area (Å²) in [6.07, 6.45) is 3.35. The molecule has 3 rings (SSSR count). The van der Waals surface area contributed by atoms with E-state index >= 15 is 0 Å². The Bertz CT molecular complexity index is 424. The van der Waals surface area contributed by atoms with Gasteiger partial charge in [0.25, 0.3) is 0 Å². The Labute approximate surface area is 109 Å². The summed E-state index contributed by atoms with van der Waals surface area (Å²) >= 11 is 0. The molecule has 1 saturated carbocycles. The van der Waals surface area contributed by atoms with Gasteiger partial charge in [-0.2, -0.15) is 0 Å². The van der Waals surface area contributed by atoms with Crippen molar-refractivity contribution in [2.45, 2.75) is 32.2 Å². The molecule has 1 aliphatic carbocycles. The van der Waals surface area contributed by atoms with Crippen LogP contribution in [-0.2, 0) is 4.79 Å². The summed E-state index contributed by atoms with van der Waals surface area (Å²) in [7, 11) is 0. The predicted octanol–water partition coefficient (Wildman–Crippen LogP) is 3.05. The van der Waals surface area contributed by atoms with E-state index in [0.29, 0.717) is 23.7 Å². The smallest absolute Gasteiger partial charge is 0.140 e. The van der Waals surface area contributed by atoms with Crippen LogP contribution in [0.2, 0.25) is 0 Å². The van der Waals surface area contributed by atoms with Gasteiger partial charge in [0.1, 0.15) is 5.78 Å². The zero-order chi connectivity index (χ0) is 12.5. The highest BCUT2D eigenvalue weighted by Gasteiger charge is 2.38. The van der Waals surface area contributed by atoms with Gasteiger partial charge in [0.15, 0.2) is 0 Å². The van der Waals surface area contributed by atoms with Gasteiger partial charge in [-0.25, -0.2) is 0 Å². The first-order chi connectivity index (χ1) is 8.75. The van der Waals surface area contributed by atoms with Crippen LogP contribution in [0.1, 0.15) is 37.8 Å². The Morgan fingerprint density at radius 1 is 1.17 bits per heavy atom. The number of hydrogen-bond donors (Lipinski definition) is 0. The van der Waals surface area contributed by atoms with Crippen LogP contribution in [0.25, 0.3) is 0 Å². The minimum Gasteiger partial charge on any atom is -0.299 e. The van der Waals surface area contributed by atoms with Crippen LogP contribution in [0, 0.1) is 11.8 Å². The van der Waals surface area contributed by atoms with Gasteiger partial charge < -0.3 is 0 Å². The SMILES string of the molecule is CC(c1ccccc1)N1CCC(C(=O)C2CC2)C1. The Morgan fingerprint density at radius 3 is 2.56 bits per heavy atom. The first-order valence-corrected chi connectivity index (χ1v) is 7.08. The van der Waals surface area contributed by atoms with Crippen molar-refractivity contribution in [2.75, 3.05) is 13.1 Å². The Balaban J connectivity index is 1.63. The number of benzene rings is 1. The van der Waals surface area contributed by atoms with Crippen molar-refractivity contribution in [1.82, 2.24) is 4.90 Å². The van der Waals surface area contributed by atoms with Crippen LogP contribution in [0.15, 0.2) is 30.3 Å². The lowest BCUT2D eigenvalue weighted by Crippen LogP contribution is -2.26. The number of carbonyl (C=O) groups excluding carboxylic acids is 1. The number of Topliss-reactive ketones (excluding diaryl/α,β-unsaturated/α-hetero) is 1. The fourth-order valence-electron chi connectivity index (χ4n) is 3.01. The lowest BCUT2D eigenvalue weighted by atomic mass is 10.00. The van der Waals surface area contributed by atoms with E-state index in [1.807, 2.05) is 0 Å². The van der Waals surface area contributed by atoms with Crippen molar-refractivity contribution in [3.63, 3.8) is 0 Å². The number of hydrogen-bond acceptors (Lipinski definition) is 2. The molecule has 2 unspecified atom stereocenters. The van der Waals surface area contributed by atoms with E-state index in [0.717, 1.165) is 32.4 Å². The molecule has 1 aliphatic heterocycles. The summed E-state index contributed by atoms with van der Waals surface area (Å²) in [5.41, 5.74) is 1.36. The van der Waals surface area contributed by atoms with Gasteiger partial charge in [-0.3, -0.25) is 9.69 Å². The minimum atomic E-state index is 0.309. The van der Waals surface area contributed by atoms with E-state index in [-0.39, 0.29) is 0 Å². The molecule has 0 N–H and O–H groups in total. The van der Waals surface area contributed by atoms with Crippen LogP contribution >= 0.6 is 0 Å². The maximum atomic E-state index is 12.1.